The highest BCUT2D eigenvalue weighted by molar-refractivity contribution is 7.89. The van der Waals surface area contributed by atoms with Gasteiger partial charge in [0.1, 0.15) is 16.4 Å². The maximum atomic E-state index is 11.3. The SMILES string of the molecule is CCOc1cc(CC(C)=O)ccc1S(N)(=O)=O. The third-order valence-electron chi connectivity index (χ3n) is 2.07. The van der Waals surface area contributed by atoms with Crippen LogP contribution in [-0.2, 0) is 21.2 Å². The molecule has 0 aliphatic heterocycles. The van der Waals surface area contributed by atoms with Crippen LogP contribution in [0.2, 0.25) is 0 Å². The van der Waals surface area contributed by atoms with Crippen molar-refractivity contribution in [1.82, 2.24) is 0 Å². The number of primary sulfonamides is 1. The molecule has 2 N–H and O–H groups in total. The number of hydrogen-bond donors (Lipinski definition) is 1. The van der Waals surface area contributed by atoms with E-state index < -0.39 is 10.0 Å². The zero-order valence-corrected chi connectivity index (χ0v) is 10.6. The lowest BCUT2D eigenvalue weighted by Gasteiger charge is -2.10. The van der Waals surface area contributed by atoms with Crippen LogP contribution in [0.3, 0.4) is 0 Å². The average Bonchev–Trinajstić information content (AvgIpc) is 2.15. The molecular weight excluding hydrogens is 242 g/mol. The molecule has 0 saturated carbocycles. The molecule has 0 unspecified atom stereocenters. The topological polar surface area (TPSA) is 86.5 Å². The smallest absolute Gasteiger partial charge is 0.241 e. The van der Waals surface area contributed by atoms with Gasteiger partial charge in [0.15, 0.2) is 0 Å². The van der Waals surface area contributed by atoms with E-state index in [-0.39, 0.29) is 22.8 Å². The van der Waals surface area contributed by atoms with E-state index >= 15 is 0 Å². The van der Waals surface area contributed by atoms with Gasteiger partial charge in [0.25, 0.3) is 0 Å². The molecule has 0 radical (unpaired) electrons. The first kappa shape index (κ1) is 13.7. The summed E-state index contributed by atoms with van der Waals surface area (Å²) in [5.74, 6) is 0.185. The molecule has 0 bridgehead atoms. The largest absolute Gasteiger partial charge is 0.492 e. The normalized spacial score (nSPS) is 11.2. The lowest BCUT2D eigenvalue weighted by molar-refractivity contribution is -0.116. The molecule has 0 spiro atoms. The fraction of sp³-hybridized carbons (Fsp3) is 0.364. The quantitative estimate of drug-likeness (QED) is 0.847. The molecule has 0 aromatic heterocycles. The highest BCUT2D eigenvalue weighted by Crippen LogP contribution is 2.24. The van der Waals surface area contributed by atoms with Crippen LogP contribution in [0.25, 0.3) is 0 Å². The predicted molar refractivity (Wildman–Crippen MR) is 63.4 cm³/mol. The van der Waals surface area contributed by atoms with E-state index in [0.717, 1.165) is 0 Å². The van der Waals surface area contributed by atoms with Crippen molar-refractivity contribution in [2.24, 2.45) is 5.14 Å². The minimum atomic E-state index is -3.81. The van der Waals surface area contributed by atoms with Crippen molar-refractivity contribution < 1.29 is 17.9 Å². The number of rotatable bonds is 5. The van der Waals surface area contributed by atoms with Crippen LogP contribution >= 0.6 is 0 Å². The van der Waals surface area contributed by atoms with E-state index in [0.29, 0.717) is 12.2 Å². The first-order valence-corrected chi connectivity index (χ1v) is 6.67. The number of Topliss-reactive ketones (excluding diaryl/α,β-unsaturated/α-hetero) is 1. The second kappa shape index (κ2) is 5.29. The minimum Gasteiger partial charge on any atom is -0.492 e. The lowest BCUT2D eigenvalue weighted by Crippen LogP contribution is -2.14. The summed E-state index contributed by atoms with van der Waals surface area (Å²) in [5.41, 5.74) is 0.702. The lowest BCUT2D eigenvalue weighted by atomic mass is 10.1. The van der Waals surface area contributed by atoms with Gasteiger partial charge in [0.05, 0.1) is 6.61 Å². The predicted octanol–water partition coefficient (Wildman–Crippen LogP) is 0.864. The number of carbonyl (C=O) groups excluding carboxylic acids is 1. The summed E-state index contributed by atoms with van der Waals surface area (Å²) in [6.07, 6.45) is 0.241. The average molecular weight is 257 g/mol. The molecule has 1 rings (SSSR count). The Morgan fingerprint density at radius 1 is 1.41 bits per heavy atom. The zero-order valence-electron chi connectivity index (χ0n) is 9.76. The van der Waals surface area contributed by atoms with Gasteiger partial charge in [-0.3, -0.25) is 4.79 Å². The Hall–Kier alpha value is -1.40. The van der Waals surface area contributed by atoms with E-state index in [4.69, 9.17) is 9.88 Å². The summed E-state index contributed by atoms with van der Waals surface area (Å²) < 4.78 is 27.8. The molecule has 0 heterocycles. The van der Waals surface area contributed by atoms with Gasteiger partial charge in [-0.15, -0.1) is 0 Å². The molecule has 5 nitrogen and oxygen atoms in total. The summed E-state index contributed by atoms with van der Waals surface area (Å²) in [6.45, 7) is 3.53. The Bertz CT molecular complexity index is 522. The monoisotopic (exact) mass is 257 g/mol. The molecule has 1 aromatic rings. The highest BCUT2D eigenvalue weighted by atomic mass is 32.2. The van der Waals surface area contributed by atoms with E-state index in [1.54, 1.807) is 13.0 Å². The third-order valence-corrected chi connectivity index (χ3v) is 3.02. The third kappa shape index (κ3) is 3.83. The first-order valence-electron chi connectivity index (χ1n) is 5.12. The Balaban J connectivity index is 3.22. The van der Waals surface area contributed by atoms with Gasteiger partial charge >= 0.3 is 0 Å². The van der Waals surface area contributed by atoms with Gasteiger partial charge in [-0.05, 0) is 31.5 Å². The first-order chi connectivity index (χ1) is 7.84. The second-order valence-corrected chi connectivity index (χ2v) is 5.17. The molecule has 17 heavy (non-hydrogen) atoms. The van der Waals surface area contributed by atoms with Crippen molar-refractivity contribution in [3.8, 4) is 5.75 Å². The van der Waals surface area contributed by atoms with Crippen LogP contribution in [0.4, 0.5) is 0 Å². The molecule has 0 amide bonds. The van der Waals surface area contributed by atoms with Crippen LogP contribution in [0.15, 0.2) is 23.1 Å². The van der Waals surface area contributed by atoms with Crippen molar-refractivity contribution in [2.45, 2.75) is 25.2 Å². The molecule has 1 aromatic carbocycles. The number of ether oxygens (including phenoxy) is 1. The number of ketones is 1. The van der Waals surface area contributed by atoms with Crippen molar-refractivity contribution in [3.63, 3.8) is 0 Å². The van der Waals surface area contributed by atoms with Crippen molar-refractivity contribution in [2.75, 3.05) is 6.61 Å². The maximum absolute atomic E-state index is 11.3. The fourth-order valence-electron chi connectivity index (χ4n) is 1.45. The van der Waals surface area contributed by atoms with E-state index in [1.165, 1.54) is 19.1 Å². The van der Waals surface area contributed by atoms with Crippen LogP contribution in [-0.4, -0.2) is 20.8 Å². The second-order valence-electron chi connectivity index (χ2n) is 3.64. The maximum Gasteiger partial charge on any atom is 0.241 e. The van der Waals surface area contributed by atoms with Crippen LogP contribution in [0, 0.1) is 0 Å². The summed E-state index contributed by atoms with van der Waals surface area (Å²) in [5, 5.41) is 5.06. The van der Waals surface area contributed by atoms with E-state index in [9.17, 15) is 13.2 Å². The van der Waals surface area contributed by atoms with Gasteiger partial charge in [-0.25, -0.2) is 13.6 Å². The van der Waals surface area contributed by atoms with Crippen molar-refractivity contribution >= 4 is 15.8 Å². The molecule has 0 atom stereocenters. The molecular formula is C11H15NO4S. The van der Waals surface area contributed by atoms with Gasteiger partial charge in [-0.2, -0.15) is 0 Å². The summed E-state index contributed by atoms with van der Waals surface area (Å²) in [6, 6.07) is 4.45. The minimum absolute atomic E-state index is 0.00389. The molecule has 6 heteroatoms. The van der Waals surface area contributed by atoms with Gasteiger partial charge in [0.2, 0.25) is 10.0 Å². The van der Waals surface area contributed by atoms with Crippen LogP contribution < -0.4 is 9.88 Å². The number of sulfonamides is 1. The molecule has 0 fully saturated rings. The van der Waals surface area contributed by atoms with Crippen molar-refractivity contribution in [3.05, 3.63) is 23.8 Å². The molecule has 0 aliphatic rings. The van der Waals surface area contributed by atoms with Gasteiger partial charge in [-0.1, -0.05) is 6.07 Å². The number of benzene rings is 1. The van der Waals surface area contributed by atoms with E-state index in [2.05, 4.69) is 0 Å². The zero-order chi connectivity index (χ0) is 13.1. The van der Waals surface area contributed by atoms with Crippen molar-refractivity contribution in [1.29, 1.82) is 0 Å². The van der Waals surface area contributed by atoms with E-state index in [1.807, 2.05) is 0 Å². The number of hydrogen-bond acceptors (Lipinski definition) is 4. The Morgan fingerprint density at radius 2 is 2.06 bits per heavy atom. The molecule has 0 aliphatic carbocycles. The summed E-state index contributed by atoms with van der Waals surface area (Å²) in [4.78, 5) is 10.9. The standard InChI is InChI=1S/C11H15NO4S/c1-3-16-10-7-9(6-8(2)13)4-5-11(10)17(12,14)15/h4-5,7H,3,6H2,1-2H3,(H2,12,14,15). The molecule has 94 valence electrons. The number of nitrogens with two attached hydrogens (primary N) is 1. The Labute approximate surface area is 101 Å². The van der Waals surface area contributed by atoms with Gasteiger partial charge in [0, 0.05) is 6.42 Å². The Morgan fingerprint density at radius 3 is 2.53 bits per heavy atom. The summed E-state index contributed by atoms with van der Waals surface area (Å²) in [7, 11) is -3.81. The number of carbonyl (C=O) groups is 1. The Kier molecular flexibility index (Phi) is 4.25. The van der Waals surface area contributed by atoms with Crippen LogP contribution in [0.1, 0.15) is 19.4 Å². The highest BCUT2D eigenvalue weighted by Gasteiger charge is 2.15. The summed E-state index contributed by atoms with van der Waals surface area (Å²) >= 11 is 0. The van der Waals surface area contributed by atoms with Crippen LogP contribution in [0.5, 0.6) is 5.75 Å². The van der Waals surface area contributed by atoms with Gasteiger partial charge < -0.3 is 4.74 Å². The molecule has 0 saturated heterocycles. The fourth-order valence-corrected chi connectivity index (χ4v) is 2.11.